The van der Waals surface area contributed by atoms with Gasteiger partial charge in [0.05, 0.1) is 18.2 Å². The number of rotatable bonds is 7. The molecule has 0 aromatic heterocycles. The third kappa shape index (κ3) is 5.50. The standard InChI is InChI=1S/C24H18Br2FNO2/c1-2-29-23-12-17(11-18(14-28)20-5-3-4-6-22(20)27)21(26)13-24(23)30-15-16-7-9-19(25)10-8-16/h3-13H,2,15H2,1H3/b18-11-. The first kappa shape index (κ1) is 22.1. The molecule has 0 unspecified atom stereocenters. The van der Waals surface area contributed by atoms with Gasteiger partial charge in [-0.05, 0) is 54.5 Å². The van der Waals surface area contributed by atoms with E-state index >= 15 is 0 Å². The van der Waals surface area contributed by atoms with Crippen molar-refractivity contribution in [1.29, 1.82) is 5.26 Å². The van der Waals surface area contributed by atoms with Gasteiger partial charge in [-0.3, -0.25) is 0 Å². The van der Waals surface area contributed by atoms with Crippen molar-refractivity contribution in [2.24, 2.45) is 0 Å². The third-order valence-electron chi connectivity index (χ3n) is 4.25. The highest BCUT2D eigenvalue weighted by molar-refractivity contribution is 9.10. The first-order valence-electron chi connectivity index (χ1n) is 9.22. The maximum absolute atomic E-state index is 14.1. The van der Waals surface area contributed by atoms with E-state index in [0.29, 0.717) is 34.7 Å². The number of ether oxygens (including phenoxy) is 2. The van der Waals surface area contributed by atoms with Crippen LogP contribution < -0.4 is 9.47 Å². The SMILES string of the molecule is CCOc1cc(/C=C(/C#N)c2ccccc2F)c(Br)cc1OCc1ccc(Br)cc1. The minimum Gasteiger partial charge on any atom is -0.490 e. The van der Waals surface area contributed by atoms with Gasteiger partial charge in [0, 0.05) is 14.5 Å². The number of hydrogen-bond acceptors (Lipinski definition) is 3. The molecular weight excluding hydrogens is 513 g/mol. The highest BCUT2D eigenvalue weighted by Gasteiger charge is 2.13. The second kappa shape index (κ2) is 10.4. The molecule has 0 spiro atoms. The average Bonchev–Trinajstić information content (AvgIpc) is 2.74. The second-order valence-electron chi connectivity index (χ2n) is 6.32. The Kier molecular flexibility index (Phi) is 7.67. The molecule has 0 radical (unpaired) electrons. The number of hydrogen-bond donors (Lipinski definition) is 0. The van der Waals surface area contributed by atoms with Crippen LogP contribution in [0.3, 0.4) is 0 Å². The summed E-state index contributed by atoms with van der Waals surface area (Å²) >= 11 is 6.95. The molecule has 0 saturated carbocycles. The first-order valence-corrected chi connectivity index (χ1v) is 10.8. The van der Waals surface area contributed by atoms with Gasteiger partial charge in [-0.25, -0.2) is 4.39 Å². The van der Waals surface area contributed by atoms with Crippen LogP contribution >= 0.6 is 31.9 Å². The summed E-state index contributed by atoms with van der Waals surface area (Å²) in [6.07, 6.45) is 1.63. The van der Waals surface area contributed by atoms with Gasteiger partial charge in [-0.15, -0.1) is 0 Å². The Balaban J connectivity index is 1.93. The van der Waals surface area contributed by atoms with E-state index in [1.54, 1.807) is 36.4 Å². The molecule has 0 amide bonds. The molecule has 0 N–H and O–H groups in total. The lowest BCUT2D eigenvalue weighted by atomic mass is 10.0. The van der Waals surface area contributed by atoms with Gasteiger partial charge in [-0.2, -0.15) is 5.26 Å². The Morgan fingerprint density at radius 2 is 1.73 bits per heavy atom. The summed E-state index contributed by atoms with van der Waals surface area (Å²) in [5, 5.41) is 9.55. The maximum Gasteiger partial charge on any atom is 0.162 e. The first-order chi connectivity index (χ1) is 14.5. The number of benzene rings is 3. The maximum atomic E-state index is 14.1. The Morgan fingerprint density at radius 3 is 2.40 bits per heavy atom. The van der Waals surface area contributed by atoms with E-state index in [9.17, 15) is 9.65 Å². The van der Waals surface area contributed by atoms with Gasteiger partial charge in [0.15, 0.2) is 11.5 Å². The van der Waals surface area contributed by atoms with Crippen molar-refractivity contribution in [3.63, 3.8) is 0 Å². The molecule has 3 aromatic carbocycles. The van der Waals surface area contributed by atoms with Crippen LogP contribution in [0.4, 0.5) is 4.39 Å². The molecule has 3 rings (SSSR count). The van der Waals surface area contributed by atoms with Crippen LogP contribution in [0.2, 0.25) is 0 Å². The van der Waals surface area contributed by atoms with Crippen LogP contribution in [0.1, 0.15) is 23.6 Å². The highest BCUT2D eigenvalue weighted by Crippen LogP contribution is 2.36. The molecular formula is C24H18Br2FNO2. The van der Waals surface area contributed by atoms with Gasteiger partial charge in [0.25, 0.3) is 0 Å². The molecule has 0 aliphatic carbocycles. The van der Waals surface area contributed by atoms with Crippen LogP contribution in [0.25, 0.3) is 11.6 Å². The fourth-order valence-corrected chi connectivity index (χ4v) is 3.49. The lowest BCUT2D eigenvalue weighted by molar-refractivity contribution is 0.269. The summed E-state index contributed by atoms with van der Waals surface area (Å²) in [7, 11) is 0. The van der Waals surface area contributed by atoms with E-state index in [2.05, 4.69) is 37.9 Å². The zero-order valence-electron chi connectivity index (χ0n) is 16.2. The molecule has 0 saturated heterocycles. The summed E-state index contributed by atoms with van der Waals surface area (Å²) < 4.78 is 27.6. The predicted octanol–water partition coefficient (Wildman–Crippen LogP) is 7.39. The molecule has 3 nitrogen and oxygen atoms in total. The van der Waals surface area contributed by atoms with Crippen LogP contribution in [0.5, 0.6) is 11.5 Å². The third-order valence-corrected chi connectivity index (χ3v) is 5.47. The molecule has 6 heteroatoms. The largest absolute Gasteiger partial charge is 0.490 e. The van der Waals surface area contributed by atoms with Gasteiger partial charge in [0.2, 0.25) is 0 Å². The Hall–Kier alpha value is -2.62. The smallest absolute Gasteiger partial charge is 0.162 e. The van der Waals surface area contributed by atoms with Crippen molar-refractivity contribution < 1.29 is 13.9 Å². The number of allylic oxidation sites excluding steroid dienone is 1. The summed E-state index contributed by atoms with van der Waals surface area (Å²) in [5.41, 5.74) is 2.18. The van der Waals surface area contributed by atoms with E-state index in [4.69, 9.17) is 9.47 Å². The predicted molar refractivity (Wildman–Crippen MR) is 124 cm³/mol. The lowest BCUT2D eigenvalue weighted by Crippen LogP contribution is -2.00. The molecule has 0 fully saturated rings. The van der Waals surface area contributed by atoms with E-state index in [0.717, 1.165) is 10.0 Å². The van der Waals surface area contributed by atoms with E-state index < -0.39 is 5.82 Å². The number of halogens is 3. The lowest BCUT2D eigenvalue weighted by Gasteiger charge is -2.14. The van der Waals surface area contributed by atoms with Crippen LogP contribution in [-0.2, 0) is 6.61 Å². The second-order valence-corrected chi connectivity index (χ2v) is 8.09. The van der Waals surface area contributed by atoms with Crippen molar-refractivity contribution in [2.45, 2.75) is 13.5 Å². The fraction of sp³-hybridized carbons (Fsp3) is 0.125. The monoisotopic (exact) mass is 529 g/mol. The number of nitrogens with zero attached hydrogens (tertiary/aromatic N) is 1. The minimum absolute atomic E-state index is 0.222. The zero-order valence-corrected chi connectivity index (χ0v) is 19.3. The minimum atomic E-state index is -0.444. The summed E-state index contributed by atoms with van der Waals surface area (Å²) in [6, 6.07) is 19.7. The van der Waals surface area contributed by atoms with E-state index in [1.165, 1.54) is 6.07 Å². The van der Waals surface area contributed by atoms with Gasteiger partial charge >= 0.3 is 0 Å². The summed E-state index contributed by atoms with van der Waals surface area (Å²) in [4.78, 5) is 0. The van der Waals surface area contributed by atoms with Crippen molar-refractivity contribution in [3.05, 3.63) is 92.1 Å². The molecule has 3 aromatic rings. The molecule has 0 bridgehead atoms. The highest BCUT2D eigenvalue weighted by atomic mass is 79.9. The van der Waals surface area contributed by atoms with Crippen molar-refractivity contribution >= 4 is 43.5 Å². The van der Waals surface area contributed by atoms with Crippen molar-refractivity contribution in [1.82, 2.24) is 0 Å². The van der Waals surface area contributed by atoms with Gasteiger partial charge in [0.1, 0.15) is 12.4 Å². The molecule has 0 aliphatic rings. The topological polar surface area (TPSA) is 42.2 Å². The van der Waals surface area contributed by atoms with Crippen molar-refractivity contribution in [2.75, 3.05) is 6.61 Å². The molecule has 152 valence electrons. The normalized spacial score (nSPS) is 11.1. The molecule has 0 atom stereocenters. The van der Waals surface area contributed by atoms with Crippen LogP contribution in [0.15, 0.2) is 69.6 Å². The van der Waals surface area contributed by atoms with Gasteiger partial charge in [-0.1, -0.05) is 62.2 Å². The van der Waals surface area contributed by atoms with Crippen molar-refractivity contribution in [3.8, 4) is 17.6 Å². The van der Waals surface area contributed by atoms with E-state index in [1.807, 2.05) is 31.2 Å². The zero-order chi connectivity index (χ0) is 21.5. The molecule has 30 heavy (non-hydrogen) atoms. The summed E-state index contributed by atoms with van der Waals surface area (Å²) in [6.45, 7) is 2.72. The quantitative estimate of drug-likeness (QED) is 0.236. The van der Waals surface area contributed by atoms with E-state index in [-0.39, 0.29) is 11.1 Å². The fourth-order valence-electron chi connectivity index (χ4n) is 2.79. The Bertz CT molecular complexity index is 1110. The van der Waals surface area contributed by atoms with Crippen LogP contribution in [0, 0.1) is 17.1 Å². The Morgan fingerprint density at radius 1 is 1.03 bits per heavy atom. The molecule has 0 heterocycles. The summed E-state index contributed by atoms with van der Waals surface area (Å²) in [5.74, 6) is 0.684. The molecule has 0 aliphatic heterocycles. The van der Waals surface area contributed by atoms with Gasteiger partial charge < -0.3 is 9.47 Å². The number of nitriles is 1. The van der Waals surface area contributed by atoms with Crippen LogP contribution in [-0.4, -0.2) is 6.61 Å². The Labute approximate surface area is 192 Å². The average molecular weight is 531 g/mol.